The van der Waals surface area contributed by atoms with Gasteiger partial charge in [-0.3, -0.25) is 14.5 Å². The number of carbonyl (C=O) groups is 2. The Hall–Kier alpha value is -1.59. The van der Waals surface area contributed by atoms with Crippen molar-refractivity contribution in [3.8, 4) is 0 Å². The maximum absolute atomic E-state index is 12.4. The minimum absolute atomic E-state index is 0.00217. The Bertz CT molecular complexity index is 580. The smallest absolute Gasteiger partial charge is 0.238 e. The van der Waals surface area contributed by atoms with Gasteiger partial charge >= 0.3 is 0 Å². The van der Waals surface area contributed by atoms with Crippen molar-refractivity contribution in [2.75, 3.05) is 25.0 Å². The van der Waals surface area contributed by atoms with E-state index < -0.39 is 0 Å². The zero-order valence-corrected chi connectivity index (χ0v) is 14.7. The summed E-state index contributed by atoms with van der Waals surface area (Å²) in [7, 11) is 0. The van der Waals surface area contributed by atoms with E-state index in [-0.39, 0.29) is 24.4 Å². The molecule has 1 heterocycles. The van der Waals surface area contributed by atoms with Gasteiger partial charge in [-0.25, -0.2) is 0 Å². The number of anilines is 1. The predicted molar refractivity (Wildman–Crippen MR) is 92.8 cm³/mol. The van der Waals surface area contributed by atoms with Crippen LogP contribution < -0.4 is 10.6 Å². The first kappa shape index (κ1) is 17.8. The zero-order chi connectivity index (χ0) is 17.0. The van der Waals surface area contributed by atoms with Crippen LogP contribution in [0.3, 0.4) is 0 Å². The summed E-state index contributed by atoms with van der Waals surface area (Å²) in [6, 6.07) is 3.56. The van der Waals surface area contributed by atoms with Crippen molar-refractivity contribution < 1.29 is 9.59 Å². The number of nitrogens with zero attached hydrogens (tertiary/aromatic N) is 1. The summed E-state index contributed by atoms with van der Waals surface area (Å²) in [5, 5.41) is 6.32. The number of nitrogens with one attached hydrogen (secondary N) is 2. The molecule has 0 bridgehead atoms. The topological polar surface area (TPSA) is 61.4 Å². The van der Waals surface area contributed by atoms with Gasteiger partial charge in [-0.05, 0) is 43.9 Å². The Morgan fingerprint density at radius 1 is 1.43 bits per heavy atom. The fourth-order valence-electron chi connectivity index (χ4n) is 3.00. The maximum Gasteiger partial charge on any atom is 0.238 e. The summed E-state index contributed by atoms with van der Waals surface area (Å²) in [5.41, 5.74) is 2.64. The van der Waals surface area contributed by atoms with Crippen LogP contribution in [-0.2, 0) is 9.59 Å². The third-order valence-electron chi connectivity index (χ3n) is 4.09. The molecular formula is C17H24ClN3O2. The first-order chi connectivity index (χ1) is 10.9. The third-order valence-corrected chi connectivity index (χ3v) is 4.39. The minimum atomic E-state index is -0.252. The Labute approximate surface area is 142 Å². The van der Waals surface area contributed by atoms with Crippen LogP contribution in [0.1, 0.15) is 30.9 Å². The highest BCUT2D eigenvalue weighted by atomic mass is 35.5. The summed E-state index contributed by atoms with van der Waals surface area (Å²) in [6.07, 6.45) is 1.53. The molecule has 0 unspecified atom stereocenters. The monoisotopic (exact) mass is 337 g/mol. The Morgan fingerprint density at radius 3 is 2.83 bits per heavy atom. The molecule has 0 aliphatic carbocycles. The molecule has 1 aliphatic rings. The number of rotatable bonds is 4. The van der Waals surface area contributed by atoms with Crippen LogP contribution in [0.4, 0.5) is 5.69 Å². The van der Waals surface area contributed by atoms with Gasteiger partial charge in [-0.1, -0.05) is 24.6 Å². The van der Waals surface area contributed by atoms with Gasteiger partial charge in [0.05, 0.1) is 23.3 Å². The number of benzene rings is 1. The van der Waals surface area contributed by atoms with Crippen LogP contribution in [0, 0.1) is 13.8 Å². The molecule has 0 aromatic heterocycles. The molecule has 0 saturated carbocycles. The van der Waals surface area contributed by atoms with Crippen LogP contribution in [0.15, 0.2) is 12.1 Å². The second kappa shape index (κ2) is 7.79. The quantitative estimate of drug-likeness (QED) is 0.887. The highest BCUT2D eigenvalue weighted by Crippen LogP contribution is 2.27. The number of amides is 2. The second-order valence-electron chi connectivity index (χ2n) is 6.03. The van der Waals surface area contributed by atoms with Crippen molar-refractivity contribution in [2.24, 2.45) is 0 Å². The van der Waals surface area contributed by atoms with Gasteiger partial charge in [0.2, 0.25) is 11.8 Å². The molecule has 1 aromatic rings. The summed E-state index contributed by atoms with van der Waals surface area (Å²) in [5.74, 6) is -0.144. The molecule has 6 heteroatoms. The van der Waals surface area contributed by atoms with E-state index in [1.807, 2.05) is 37.8 Å². The lowest BCUT2D eigenvalue weighted by atomic mass is 10.1. The standard InChI is InChI=1S/C17H24ClN3O2/c1-4-14-17(23)19-6-5-7-21(14)10-15(22)20-16-12(3)8-11(2)9-13(16)18/h8-9,14H,4-7,10H2,1-3H3,(H,19,23)(H,20,22)/t14-/m1/s1. The van der Waals surface area contributed by atoms with E-state index in [9.17, 15) is 9.59 Å². The molecule has 0 radical (unpaired) electrons. The molecule has 1 saturated heterocycles. The fourth-order valence-corrected chi connectivity index (χ4v) is 3.37. The minimum Gasteiger partial charge on any atom is -0.355 e. The first-order valence-electron chi connectivity index (χ1n) is 8.00. The van der Waals surface area contributed by atoms with Crippen molar-refractivity contribution in [1.82, 2.24) is 10.2 Å². The largest absolute Gasteiger partial charge is 0.355 e. The summed E-state index contributed by atoms with van der Waals surface area (Å²) in [6.45, 7) is 7.42. The number of hydrogen-bond donors (Lipinski definition) is 2. The van der Waals surface area contributed by atoms with E-state index in [1.54, 1.807) is 0 Å². The third kappa shape index (κ3) is 4.45. The zero-order valence-electron chi connectivity index (χ0n) is 13.9. The second-order valence-corrected chi connectivity index (χ2v) is 6.43. The van der Waals surface area contributed by atoms with Gasteiger partial charge in [0.15, 0.2) is 0 Å². The van der Waals surface area contributed by atoms with Crippen LogP contribution in [0.2, 0.25) is 5.02 Å². The number of hydrogen-bond acceptors (Lipinski definition) is 3. The van der Waals surface area contributed by atoms with Crippen molar-refractivity contribution in [2.45, 2.75) is 39.7 Å². The van der Waals surface area contributed by atoms with E-state index in [0.717, 1.165) is 24.1 Å². The molecule has 1 aromatic carbocycles. The average molecular weight is 338 g/mol. The number of halogens is 1. The van der Waals surface area contributed by atoms with Crippen LogP contribution in [0.25, 0.3) is 0 Å². The SMILES string of the molecule is CC[C@@H]1C(=O)NCCCN1CC(=O)Nc1c(C)cc(C)cc1Cl. The molecule has 5 nitrogen and oxygen atoms in total. The molecule has 23 heavy (non-hydrogen) atoms. The number of aryl methyl sites for hydroxylation is 2. The molecule has 1 atom stereocenters. The molecule has 126 valence electrons. The van der Waals surface area contributed by atoms with Gasteiger partial charge in [-0.2, -0.15) is 0 Å². The fraction of sp³-hybridized carbons (Fsp3) is 0.529. The normalized spacial score (nSPS) is 19.1. The summed E-state index contributed by atoms with van der Waals surface area (Å²) < 4.78 is 0. The van der Waals surface area contributed by atoms with E-state index in [2.05, 4.69) is 10.6 Å². The van der Waals surface area contributed by atoms with Crippen LogP contribution in [-0.4, -0.2) is 42.4 Å². The van der Waals surface area contributed by atoms with Crippen LogP contribution >= 0.6 is 11.6 Å². The van der Waals surface area contributed by atoms with Crippen LogP contribution in [0.5, 0.6) is 0 Å². The van der Waals surface area contributed by atoms with Crippen molar-refractivity contribution in [1.29, 1.82) is 0 Å². The van der Waals surface area contributed by atoms with Crippen molar-refractivity contribution in [3.05, 3.63) is 28.3 Å². The van der Waals surface area contributed by atoms with Gasteiger partial charge in [-0.15, -0.1) is 0 Å². The predicted octanol–water partition coefficient (Wildman–Crippen LogP) is 2.50. The maximum atomic E-state index is 12.4. The average Bonchev–Trinajstić information content (AvgIpc) is 2.64. The first-order valence-corrected chi connectivity index (χ1v) is 8.38. The lowest BCUT2D eigenvalue weighted by Gasteiger charge is -2.26. The highest BCUT2D eigenvalue weighted by molar-refractivity contribution is 6.34. The van der Waals surface area contributed by atoms with Gasteiger partial charge in [0.1, 0.15) is 0 Å². The lowest BCUT2D eigenvalue weighted by molar-refractivity contribution is -0.126. The van der Waals surface area contributed by atoms with Crippen molar-refractivity contribution in [3.63, 3.8) is 0 Å². The molecular weight excluding hydrogens is 314 g/mol. The van der Waals surface area contributed by atoms with E-state index in [0.29, 0.717) is 23.7 Å². The highest BCUT2D eigenvalue weighted by Gasteiger charge is 2.28. The molecule has 1 fully saturated rings. The number of carbonyl (C=O) groups excluding carboxylic acids is 2. The summed E-state index contributed by atoms with van der Waals surface area (Å²) >= 11 is 6.23. The Kier molecular flexibility index (Phi) is 6.02. The van der Waals surface area contributed by atoms with Crippen molar-refractivity contribution >= 4 is 29.1 Å². The molecule has 0 spiro atoms. The van der Waals surface area contributed by atoms with E-state index >= 15 is 0 Å². The Morgan fingerprint density at radius 2 is 2.17 bits per heavy atom. The van der Waals surface area contributed by atoms with Gasteiger partial charge in [0, 0.05) is 13.1 Å². The lowest BCUT2D eigenvalue weighted by Crippen LogP contribution is -2.46. The molecule has 2 rings (SSSR count). The summed E-state index contributed by atoms with van der Waals surface area (Å²) in [4.78, 5) is 26.4. The van der Waals surface area contributed by atoms with E-state index in [4.69, 9.17) is 11.6 Å². The van der Waals surface area contributed by atoms with Gasteiger partial charge in [0.25, 0.3) is 0 Å². The Balaban J connectivity index is 2.08. The van der Waals surface area contributed by atoms with E-state index in [1.165, 1.54) is 0 Å². The molecule has 2 amide bonds. The molecule has 2 N–H and O–H groups in total. The van der Waals surface area contributed by atoms with Gasteiger partial charge < -0.3 is 10.6 Å². The molecule has 1 aliphatic heterocycles.